The Kier molecular flexibility index (Phi) is 6.07. The number of fused-ring (bicyclic) bond motifs is 3. The summed E-state index contributed by atoms with van der Waals surface area (Å²) < 4.78 is 2.12. The number of aryl methyl sites for hydroxylation is 1. The SMILES string of the molecule is CN(C)C(=O)CCCn1c(CN2CCCC2=O)nc2c(N)nc3cc(-c4cccnc4)ccc3c21. The predicted molar refractivity (Wildman–Crippen MR) is 135 cm³/mol. The third kappa shape index (κ3) is 4.41. The first-order chi connectivity index (χ1) is 16.9. The van der Waals surface area contributed by atoms with Gasteiger partial charge < -0.3 is 20.1 Å². The van der Waals surface area contributed by atoms with Crippen molar-refractivity contribution < 1.29 is 9.59 Å². The molecule has 1 aliphatic heterocycles. The summed E-state index contributed by atoms with van der Waals surface area (Å²) in [7, 11) is 3.53. The molecule has 0 unspecified atom stereocenters. The van der Waals surface area contributed by atoms with Crippen molar-refractivity contribution in [2.45, 2.75) is 38.8 Å². The van der Waals surface area contributed by atoms with Crippen molar-refractivity contribution in [3.8, 4) is 11.1 Å². The second kappa shape index (κ2) is 9.32. The molecule has 1 aromatic carbocycles. The Hall–Kier alpha value is -4.01. The van der Waals surface area contributed by atoms with Gasteiger partial charge in [-0.2, -0.15) is 0 Å². The van der Waals surface area contributed by atoms with Crippen LogP contribution in [0.3, 0.4) is 0 Å². The Morgan fingerprint density at radius 1 is 1.17 bits per heavy atom. The molecule has 3 aromatic heterocycles. The van der Waals surface area contributed by atoms with Gasteiger partial charge in [0, 0.05) is 63.4 Å². The Morgan fingerprint density at radius 2 is 2.03 bits per heavy atom. The van der Waals surface area contributed by atoms with Crippen molar-refractivity contribution in [3.05, 3.63) is 48.5 Å². The van der Waals surface area contributed by atoms with Crippen molar-refractivity contribution in [2.24, 2.45) is 0 Å². The van der Waals surface area contributed by atoms with Crippen molar-refractivity contribution in [1.82, 2.24) is 29.3 Å². The van der Waals surface area contributed by atoms with Crippen LogP contribution in [0, 0.1) is 0 Å². The minimum Gasteiger partial charge on any atom is -0.382 e. The number of nitrogen functional groups attached to an aromatic ring is 1. The van der Waals surface area contributed by atoms with Crippen molar-refractivity contribution in [1.29, 1.82) is 0 Å². The summed E-state index contributed by atoms with van der Waals surface area (Å²) in [4.78, 5) is 41.7. The summed E-state index contributed by atoms with van der Waals surface area (Å²) in [5.41, 5.74) is 10.7. The lowest BCUT2D eigenvalue weighted by atomic mass is 10.0. The molecule has 0 aliphatic carbocycles. The van der Waals surface area contributed by atoms with Gasteiger partial charge in [-0.25, -0.2) is 9.97 Å². The van der Waals surface area contributed by atoms with E-state index in [2.05, 4.69) is 14.5 Å². The number of aromatic nitrogens is 4. The summed E-state index contributed by atoms with van der Waals surface area (Å²) in [6.07, 6.45) is 6.08. The van der Waals surface area contributed by atoms with Gasteiger partial charge in [-0.1, -0.05) is 18.2 Å². The van der Waals surface area contributed by atoms with E-state index in [9.17, 15) is 9.59 Å². The Balaban J connectivity index is 1.61. The van der Waals surface area contributed by atoms with Gasteiger partial charge in [0.1, 0.15) is 11.3 Å². The van der Waals surface area contributed by atoms with Crippen LogP contribution in [0.2, 0.25) is 0 Å². The molecule has 4 aromatic rings. The first-order valence-electron chi connectivity index (χ1n) is 11.9. The first kappa shape index (κ1) is 22.8. The van der Waals surface area contributed by atoms with Crippen LogP contribution >= 0.6 is 0 Å². The zero-order chi connectivity index (χ0) is 24.5. The fourth-order valence-corrected chi connectivity index (χ4v) is 4.69. The molecule has 2 amide bonds. The number of pyridine rings is 2. The van der Waals surface area contributed by atoms with E-state index in [0.717, 1.165) is 46.3 Å². The lowest BCUT2D eigenvalue weighted by Gasteiger charge is -2.17. The van der Waals surface area contributed by atoms with Gasteiger partial charge >= 0.3 is 0 Å². The second-order valence-electron chi connectivity index (χ2n) is 9.16. The maximum Gasteiger partial charge on any atom is 0.223 e. The third-order valence-corrected chi connectivity index (χ3v) is 6.55. The highest BCUT2D eigenvalue weighted by Gasteiger charge is 2.24. The van der Waals surface area contributed by atoms with E-state index in [1.165, 1.54) is 0 Å². The average Bonchev–Trinajstić information content (AvgIpc) is 3.43. The summed E-state index contributed by atoms with van der Waals surface area (Å²) >= 11 is 0. The van der Waals surface area contributed by atoms with Crippen molar-refractivity contribution in [2.75, 3.05) is 26.4 Å². The zero-order valence-corrected chi connectivity index (χ0v) is 20.1. The number of rotatable bonds is 7. The van der Waals surface area contributed by atoms with Gasteiger partial charge in [0.2, 0.25) is 11.8 Å². The monoisotopic (exact) mass is 471 g/mol. The lowest BCUT2D eigenvalue weighted by molar-refractivity contribution is -0.129. The largest absolute Gasteiger partial charge is 0.382 e. The molecule has 4 heterocycles. The van der Waals surface area contributed by atoms with Crippen molar-refractivity contribution >= 4 is 39.6 Å². The molecule has 35 heavy (non-hydrogen) atoms. The molecule has 0 bridgehead atoms. The highest BCUT2D eigenvalue weighted by atomic mass is 16.2. The second-order valence-corrected chi connectivity index (χ2v) is 9.16. The molecule has 0 saturated carbocycles. The number of imidazole rings is 1. The number of likely N-dealkylation sites (tertiary alicyclic amines) is 1. The minimum absolute atomic E-state index is 0.0813. The normalized spacial score (nSPS) is 13.8. The van der Waals surface area contributed by atoms with Gasteiger partial charge in [-0.05, 0) is 30.5 Å². The Morgan fingerprint density at radius 3 is 2.74 bits per heavy atom. The van der Waals surface area contributed by atoms with E-state index in [1.54, 1.807) is 25.2 Å². The van der Waals surface area contributed by atoms with Crippen LogP contribution in [0.5, 0.6) is 0 Å². The molecule has 9 heteroatoms. The zero-order valence-electron chi connectivity index (χ0n) is 20.1. The van der Waals surface area contributed by atoms with E-state index < -0.39 is 0 Å². The Bertz CT molecular complexity index is 1410. The Labute approximate surface area is 203 Å². The summed E-state index contributed by atoms with van der Waals surface area (Å²) in [6, 6.07) is 10.0. The van der Waals surface area contributed by atoms with Crippen LogP contribution in [0.1, 0.15) is 31.5 Å². The topological polar surface area (TPSA) is 110 Å². The third-order valence-electron chi connectivity index (χ3n) is 6.55. The maximum atomic E-state index is 12.3. The molecule has 5 rings (SSSR count). The fourth-order valence-electron chi connectivity index (χ4n) is 4.69. The summed E-state index contributed by atoms with van der Waals surface area (Å²) in [5, 5.41) is 0.937. The molecule has 1 aliphatic rings. The molecule has 1 fully saturated rings. The smallest absolute Gasteiger partial charge is 0.223 e. The van der Waals surface area contributed by atoms with E-state index >= 15 is 0 Å². The van der Waals surface area contributed by atoms with Crippen LogP contribution in [-0.2, 0) is 22.7 Å². The van der Waals surface area contributed by atoms with Gasteiger partial charge in [0.15, 0.2) is 5.82 Å². The first-order valence-corrected chi connectivity index (χ1v) is 11.9. The number of nitrogens with zero attached hydrogens (tertiary/aromatic N) is 6. The van der Waals surface area contributed by atoms with E-state index in [1.807, 2.05) is 41.4 Å². The molecule has 9 nitrogen and oxygen atoms in total. The van der Waals surface area contributed by atoms with Crippen LogP contribution in [0.4, 0.5) is 5.82 Å². The van der Waals surface area contributed by atoms with E-state index in [-0.39, 0.29) is 11.8 Å². The van der Waals surface area contributed by atoms with Gasteiger partial charge in [-0.15, -0.1) is 0 Å². The molecule has 0 radical (unpaired) electrons. The van der Waals surface area contributed by atoms with Crippen LogP contribution < -0.4 is 5.73 Å². The van der Waals surface area contributed by atoms with Crippen LogP contribution in [-0.4, -0.2) is 61.8 Å². The summed E-state index contributed by atoms with van der Waals surface area (Å²) in [5.74, 6) is 1.35. The molecule has 2 N–H and O–H groups in total. The molecular formula is C26H29N7O2. The predicted octanol–water partition coefficient (Wildman–Crippen LogP) is 3.22. The van der Waals surface area contributed by atoms with E-state index in [4.69, 9.17) is 10.7 Å². The molecule has 0 spiro atoms. The number of nitrogens with two attached hydrogens (primary N) is 1. The quantitative estimate of drug-likeness (QED) is 0.443. The number of carbonyl (C=O) groups is 2. The van der Waals surface area contributed by atoms with E-state index in [0.29, 0.717) is 43.7 Å². The number of anilines is 1. The minimum atomic E-state index is 0.0813. The number of carbonyl (C=O) groups excluding carboxylic acids is 2. The van der Waals surface area contributed by atoms with Gasteiger partial charge in [0.05, 0.1) is 17.6 Å². The van der Waals surface area contributed by atoms with Gasteiger partial charge in [-0.3, -0.25) is 14.6 Å². The lowest BCUT2D eigenvalue weighted by Crippen LogP contribution is -2.26. The number of hydrogen-bond donors (Lipinski definition) is 1. The van der Waals surface area contributed by atoms with Gasteiger partial charge in [0.25, 0.3) is 0 Å². The molecule has 0 atom stereocenters. The standard InChI is InChI=1S/C26H29N7O2/c1-31(2)22(34)7-5-13-33-21(16-32-12-4-8-23(32)35)30-24-25(33)19-10-9-17(14-20(19)29-26(24)27)18-6-3-11-28-15-18/h3,6,9-11,14-15H,4-5,7-8,12-13,16H2,1-2H3,(H2,27,29). The maximum absolute atomic E-state index is 12.3. The molecule has 180 valence electrons. The van der Waals surface area contributed by atoms with Crippen molar-refractivity contribution in [3.63, 3.8) is 0 Å². The molecular weight excluding hydrogens is 442 g/mol. The highest BCUT2D eigenvalue weighted by molar-refractivity contribution is 6.07. The number of hydrogen-bond acceptors (Lipinski definition) is 6. The van der Waals surface area contributed by atoms with Crippen LogP contribution in [0.15, 0.2) is 42.7 Å². The number of amides is 2. The molecule has 1 saturated heterocycles. The summed E-state index contributed by atoms with van der Waals surface area (Å²) in [6.45, 7) is 1.74. The average molecular weight is 472 g/mol. The highest BCUT2D eigenvalue weighted by Crippen LogP contribution is 2.32. The fraction of sp³-hybridized carbons (Fsp3) is 0.346. The number of benzene rings is 1. The van der Waals surface area contributed by atoms with Crippen LogP contribution in [0.25, 0.3) is 33.1 Å².